The highest BCUT2D eigenvalue weighted by molar-refractivity contribution is 5.79. The van der Waals surface area contributed by atoms with Crippen molar-refractivity contribution in [2.24, 2.45) is 0 Å². The molecule has 0 aliphatic heterocycles. The van der Waals surface area contributed by atoms with Crippen LogP contribution < -0.4 is 0 Å². The summed E-state index contributed by atoms with van der Waals surface area (Å²) in [7, 11) is 0. The molecule has 0 saturated heterocycles. The number of hydrogen-bond acceptors (Lipinski definition) is 1. The Hall–Kier alpha value is -2.03. The molecule has 74 valence electrons. The number of H-pyrrole nitrogens is 1. The van der Waals surface area contributed by atoms with E-state index in [2.05, 4.69) is 22.2 Å². The Morgan fingerprint density at radius 3 is 2.80 bits per heavy atom. The van der Waals surface area contributed by atoms with Crippen LogP contribution in [-0.4, -0.2) is 14.6 Å². The average Bonchev–Trinajstić information content (AvgIpc) is 2.78. The topological polar surface area (TPSA) is 33.1 Å². The fraction of sp³-hybridized carbons (Fsp3) is 0.0833. The predicted octanol–water partition coefficient (Wildman–Crippen LogP) is 2.64. The Labute approximate surface area is 87.4 Å². The molecular weight excluding hydrogens is 186 g/mol. The highest BCUT2D eigenvalue weighted by Gasteiger charge is 2.11. The molecule has 0 aliphatic rings. The van der Waals surface area contributed by atoms with Gasteiger partial charge < -0.3 is 4.98 Å². The van der Waals surface area contributed by atoms with E-state index in [0.29, 0.717) is 0 Å². The van der Waals surface area contributed by atoms with Crippen molar-refractivity contribution in [3.63, 3.8) is 0 Å². The van der Waals surface area contributed by atoms with Gasteiger partial charge in [0.2, 0.25) is 0 Å². The number of nitrogens with zero attached hydrogens (tertiary/aromatic N) is 2. The lowest BCUT2D eigenvalue weighted by Crippen LogP contribution is -1.79. The summed E-state index contributed by atoms with van der Waals surface area (Å²) in [5.41, 5.74) is 4.49. The molecule has 2 aromatic heterocycles. The van der Waals surface area contributed by atoms with Crippen molar-refractivity contribution in [1.82, 2.24) is 14.6 Å². The maximum Gasteiger partial charge on any atom is 0.141 e. The lowest BCUT2D eigenvalue weighted by Gasteiger charge is -1.97. The van der Waals surface area contributed by atoms with Gasteiger partial charge in [-0.1, -0.05) is 30.3 Å². The Balaban J connectivity index is 2.34. The minimum Gasteiger partial charge on any atom is -0.345 e. The molecule has 0 unspecified atom stereocenters. The maximum atomic E-state index is 4.43. The van der Waals surface area contributed by atoms with Gasteiger partial charge in [-0.15, -0.1) is 0 Å². The summed E-state index contributed by atoms with van der Waals surface area (Å²) in [4.78, 5) is 3.21. The van der Waals surface area contributed by atoms with Crippen LogP contribution in [-0.2, 0) is 0 Å². The van der Waals surface area contributed by atoms with E-state index in [-0.39, 0.29) is 0 Å². The Kier molecular flexibility index (Phi) is 1.65. The summed E-state index contributed by atoms with van der Waals surface area (Å²) in [6.45, 7) is 2.03. The molecule has 0 bridgehead atoms. The average molecular weight is 197 g/mol. The van der Waals surface area contributed by atoms with Crippen molar-refractivity contribution in [1.29, 1.82) is 0 Å². The molecule has 3 aromatic rings. The van der Waals surface area contributed by atoms with E-state index >= 15 is 0 Å². The zero-order chi connectivity index (χ0) is 10.3. The van der Waals surface area contributed by atoms with E-state index in [1.54, 1.807) is 0 Å². The Morgan fingerprint density at radius 2 is 2.00 bits per heavy atom. The van der Waals surface area contributed by atoms with Gasteiger partial charge in [0.15, 0.2) is 0 Å². The third-order valence-electron chi connectivity index (χ3n) is 2.58. The number of hydrogen-bond donors (Lipinski definition) is 1. The van der Waals surface area contributed by atoms with Crippen LogP contribution in [0.3, 0.4) is 0 Å². The van der Waals surface area contributed by atoms with Crippen LogP contribution in [0.15, 0.2) is 42.7 Å². The summed E-state index contributed by atoms with van der Waals surface area (Å²) in [5.74, 6) is 0. The highest BCUT2D eigenvalue weighted by atomic mass is 15.3. The smallest absolute Gasteiger partial charge is 0.141 e. The SMILES string of the molecule is Cc1nn2cc[nH]c2c1-c1ccccc1. The molecule has 0 saturated carbocycles. The zero-order valence-corrected chi connectivity index (χ0v) is 8.44. The number of nitrogens with one attached hydrogen (secondary N) is 1. The van der Waals surface area contributed by atoms with Gasteiger partial charge in [-0.3, -0.25) is 0 Å². The molecule has 0 atom stereocenters. The van der Waals surface area contributed by atoms with Gasteiger partial charge in [0, 0.05) is 18.0 Å². The van der Waals surface area contributed by atoms with Crippen molar-refractivity contribution in [2.75, 3.05) is 0 Å². The summed E-state index contributed by atoms with van der Waals surface area (Å²) in [5, 5.41) is 4.43. The summed E-state index contributed by atoms with van der Waals surface area (Å²) in [6, 6.07) is 10.3. The van der Waals surface area contributed by atoms with Crippen LogP contribution in [0, 0.1) is 6.92 Å². The lowest BCUT2D eigenvalue weighted by atomic mass is 10.1. The molecule has 0 radical (unpaired) electrons. The molecule has 2 heterocycles. The van der Waals surface area contributed by atoms with Gasteiger partial charge in [-0.2, -0.15) is 5.10 Å². The lowest BCUT2D eigenvalue weighted by molar-refractivity contribution is 0.945. The normalized spacial score (nSPS) is 11.0. The third-order valence-corrected chi connectivity index (χ3v) is 2.58. The number of rotatable bonds is 1. The zero-order valence-electron chi connectivity index (χ0n) is 8.44. The summed E-state index contributed by atoms with van der Waals surface area (Å²) >= 11 is 0. The molecule has 15 heavy (non-hydrogen) atoms. The highest BCUT2D eigenvalue weighted by Crippen LogP contribution is 2.26. The van der Waals surface area contributed by atoms with E-state index in [0.717, 1.165) is 11.3 Å². The molecule has 1 N–H and O–H groups in total. The summed E-state index contributed by atoms with van der Waals surface area (Å²) in [6.07, 6.45) is 3.82. The third kappa shape index (κ3) is 1.16. The van der Waals surface area contributed by atoms with Crippen LogP contribution in [0.1, 0.15) is 5.69 Å². The van der Waals surface area contributed by atoms with E-state index in [1.807, 2.05) is 42.0 Å². The fourth-order valence-electron chi connectivity index (χ4n) is 1.93. The number of fused-ring (bicyclic) bond motifs is 1. The number of aromatic nitrogens is 3. The van der Waals surface area contributed by atoms with Gasteiger partial charge >= 0.3 is 0 Å². The first kappa shape index (κ1) is 8.29. The van der Waals surface area contributed by atoms with Crippen molar-refractivity contribution in [3.05, 3.63) is 48.4 Å². The first-order valence-corrected chi connectivity index (χ1v) is 4.94. The van der Waals surface area contributed by atoms with Crippen LogP contribution >= 0.6 is 0 Å². The van der Waals surface area contributed by atoms with Crippen molar-refractivity contribution >= 4 is 5.65 Å². The fourth-order valence-corrected chi connectivity index (χ4v) is 1.93. The van der Waals surface area contributed by atoms with E-state index in [1.165, 1.54) is 11.1 Å². The van der Waals surface area contributed by atoms with Crippen LogP contribution in [0.4, 0.5) is 0 Å². The largest absolute Gasteiger partial charge is 0.345 e. The molecule has 3 heteroatoms. The Morgan fingerprint density at radius 1 is 1.20 bits per heavy atom. The molecular formula is C12H11N3. The second-order valence-corrected chi connectivity index (χ2v) is 3.58. The minimum absolute atomic E-state index is 1.05. The maximum absolute atomic E-state index is 4.43. The van der Waals surface area contributed by atoms with Gasteiger partial charge in [0.1, 0.15) is 5.65 Å². The first-order chi connectivity index (χ1) is 7.36. The van der Waals surface area contributed by atoms with E-state index in [4.69, 9.17) is 0 Å². The van der Waals surface area contributed by atoms with Gasteiger partial charge in [-0.05, 0) is 12.5 Å². The van der Waals surface area contributed by atoms with E-state index < -0.39 is 0 Å². The van der Waals surface area contributed by atoms with Crippen molar-refractivity contribution in [2.45, 2.75) is 6.92 Å². The second-order valence-electron chi connectivity index (χ2n) is 3.58. The molecule has 1 aromatic carbocycles. The first-order valence-electron chi connectivity index (χ1n) is 4.94. The van der Waals surface area contributed by atoms with Gasteiger partial charge in [0.05, 0.1) is 5.69 Å². The molecule has 3 nitrogen and oxygen atoms in total. The Bertz CT molecular complexity index is 590. The minimum atomic E-state index is 1.05. The van der Waals surface area contributed by atoms with Crippen LogP contribution in [0.25, 0.3) is 16.8 Å². The van der Waals surface area contributed by atoms with Crippen LogP contribution in [0.5, 0.6) is 0 Å². The molecule has 0 spiro atoms. The predicted molar refractivity (Wildman–Crippen MR) is 59.7 cm³/mol. The quantitative estimate of drug-likeness (QED) is 0.639. The van der Waals surface area contributed by atoms with Crippen molar-refractivity contribution in [3.8, 4) is 11.1 Å². The number of benzene rings is 1. The molecule has 0 fully saturated rings. The second kappa shape index (κ2) is 2.98. The number of aromatic amines is 1. The monoisotopic (exact) mass is 197 g/mol. The van der Waals surface area contributed by atoms with Gasteiger partial charge in [0.25, 0.3) is 0 Å². The molecule has 0 aliphatic carbocycles. The van der Waals surface area contributed by atoms with E-state index in [9.17, 15) is 0 Å². The standard InChI is InChI=1S/C12H11N3/c1-9-11(10-5-3-2-4-6-10)12-13-7-8-15(12)14-9/h2-8,13H,1H3. The van der Waals surface area contributed by atoms with Crippen molar-refractivity contribution < 1.29 is 0 Å². The van der Waals surface area contributed by atoms with Gasteiger partial charge in [-0.25, -0.2) is 4.52 Å². The number of imidazole rings is 1. The van der Waals surface area contributed by atoms with Crippen LogP contribution in [0.2, 0.25) is 0 Å². The molecule has 0 amide bonds. The summed E-state index contributed by atoms with van der Waals surface area (Å²) < 4.78 is 1.87. The number of aryl methyl sites for hydroxylation is 1. The molecule has 3 rings (SSSR count).